The number of rotatable bonds is 7. The van der Waals surface area contributed by atoms with Gasteiger partial charge in [-0.3, -0.25) is 5.41 Å². The topological polar surface area (TPSA) is 116 Å². The molecule has 3 N–H and O–H groups in total. The van der Waals surface area contributed by atoms with Crippen molar-refractivity contribution in [3.8, 4) is 0 Å². The Kier molecular flexibility index (Phi) is 7.55. The molecule has 2 aliphatic rings. The number of aryl methyl sites for hydroxylation is 1. The molecule has 32 heavy (non-hydrogen) atoms. The number of nitrogens with one attached hydrogen (secondary N) is 3. The van der Waals surface area contributed by atoms with E-state index in [-0.39, 0.29) is 16.6 Å². The first-order valence-electron chi connectivity index (χ1n) is 10.4. The average molecular weight is 456 g/mol. The van der Waals surface area contributed by atoms with Crippen LogP contribution >= 0.6 is 0 Å². The molecule has 0 aliphatic carbocycles. The van der Waals surface area contributed by atoms with Crippen molar-refractivity contribution < 1.29 is 13.2 Å². The summed E-state index contributed by atoms with van der Waals surface area (Å²) >= 11 is 0. The molecular weight excluding hydrogens is 426 g/mol. The molecular formula is C23H29N5O3S. The van der Waals surface area contributed by atoms with Crippen molar-refractivity contribution >= 4 is 28.3 Å². The minimum atomic E-state index is -3.67. The first-order valence-corrected chi connectivity index (χ1v) is 11.8. The number of amidine groups is 1. The van der Waals surface area contributed by atoms with Crippen LogP contribution in [0.15, 0.2) is 68.4 Å². The minimum absolute atomic E-state index is 0.0585. The van der Waals surface area contributed by atoms with Crippen LogP contribution in [-0.4, -0.2) is 46.4 Å². The molecule has 170 valence electrons. The van der Waals surface area contributed by atoms with Gasteiger partial charge < -0.3 is 10.1 Å². The third-order valence-electron chi connectivity index (χ3n) is 5.38. The summed E-state index contributed by atoms with van der Waals surface area (Å²) in [4.78, 5) is 8.57. The molecule has 0 bridgehead atoms. The van der Waals surface area contributed by atoms with Crippen LogP contribution in [0.2, 0.25) is 0 Å². The summed E-state index contributed by atoms with van der Waals surface area (Å²) in [7, 11) is -3.67. The summed E-state index contributed by atoms with van der Waals surface area (Å²) in [5.74, 6) is 0.135. The quantitative estimate of drug-likeness (QED) is 0.433. The van der Waals surface area contributed by atoms with Gasteiger partial charge in [-0.25, -0.2) is 23.1 Å². The van der Waals surface area contributed by atoms with Crippen LogP contribution in [-0.2, 0) is 14.8 Å². The summed E-state index contributed by atoms with van der Waals surface area (Å²) in [5, 5.41) is 11.3. The van der Waals surface area contributed by atoms with Crippen LogP contribution in [0.25, 0.3) is 0 Å². The number of hydrogen-bond donors (Lipinski definition) is 3. The molecule has 2 heterocycles. The number of dihydropyridines is 1. The number of benzene rings is 1. The molecule has 1 saturated heterocycles. The van der Waals surface area contributed by atoms with Crippen molar-refractivity contribution in [3.63, 3.8) is 0 Å². The predicted octanol–water partition coefficient (Wildman–Crippen LogP) is 3.07. The van der Waals surface area contributed by atoms with Gasteiger partial charge in [0.1, 0.15) is 5.70 Å². The van der Waals surface area contributed by atoms with Crippen LogP contribution in [0.5, 0.6) is 0 Å². The summed E-state index contributed by atoms with van der Waals surface area (Å²) < 4.78 is 33.7. The lowest BCUT2D eigenvalue weighted by Crippen LogP contribution is -2.29. The second-order valence-corrected chi connectivity index (χ2v) is 9.64. The maximum Gasteiger partial charge on any atom is 0.240 e. The van der Waals surface area contributed by atoms with E-state index in [4.69, 9.17) is 10.1 Å². The van der Waals surface area contributed by atoms with Crippen molar-refractivity contribution in [2.24, 2.45) is 15.9 Å². The molecule has 0 amide bonds. The summed E-state index contributed by atoms with van der Waals surface area (Å²) in [6.45, 7) is 10.6. The standard InChI is InChI=1S/C23H29N5O3S/c1-15-5-6-20(32(29,30)27-13-18-8-10-31-14-18)12-21(15)17(3)28-22(23(24)25-4)19-7-9-26-16(2)11-19/h5-7,9,11-12,18,24,26-27H,4,8,10,13-14H2,1-3H3. The van der Waals surface area contributed by atoms with Gasteiger partial charge in [0.05, 0.1) is 11.5 Å². The highest BCUT2D eigenvalue weighted by atomic mass is 32.2. The zero-order valence-electron chi connectivity index (χ0n) is 18.6. The fourth-order valence-electron chi connectivity index (χ4n) is 3.50. The molecule has 0 radical (unpaired) electrons. The molecule has 1 fully saturated rings. The monoisotopic (exact) mass is 455 g/mol. The molecule has 1 atom stereocenters. The van der Waals surface area contributed by atoms with Gasteiger partial charge in [0, 0.05) is 36.3 Å². The third kappa shape index (κ3) is 5.67. The van der Waals surface area contributed by atoms with Crippen LogP contribution in [0.4, 0.5) is 0 Å². The van der Waals surface area contributed by atoms with Gasteiger partial charge in [0.25, 0.3) is 0 Å². The summed E-state index contributed by atoms with van der Waals surface area (Å²) in [6, 6.07) is 4.97. The average Bonchev–Trinajstić information content (AvgIpc) is 3.29. The van der Waals surface area contributed by atoms with Crippen LogP contribution in [0.1, 0.15) is 31.4 Å². The van der Waals surface area contributed by atoms with E-state index in [9.17, 15) is 8.42 Å². The summed E-state index contributed by atoms with van der Waals surface area (Å²) in [5.41, 5.74) is 4.14. The number of nitrogens with zero attached hydrogens (tertiary/aromatic N) is 2. The Hall–Kier alpha value is -2.88. The van der Waals surface area contributed by atoms with Gasteiger partial charge in [-0.15, -0.1) is 0 Å². The summed E-state index contributed by atoms with van der Waals surface area (Å²) in [6.07, 6.45) is 6.30. The highest BCUT2D eigenvalue weighted by Gasteiger charge is 2.21. The molecule has 1 aromatic rings. The Balaban J connectivity index is 1.95. The Morgan fingerprint density at radius 2 is 2.16 bits per heavy atom. The number of hydrogen-bond acceptors (Lipinski definition) is 6. The molecule has 1 unspecified atom stereocenters. The van der Waals surface area contributed by atoms with E-state index in [1.165, 1.54) is 0 Å². The van der Waals surface area contributed by atoms with E-state index >= 15 is 0 Å². The van der Waals surface area contributed by atoms with Gasteiger partial charge in [0.2, 0.25) is 10.0 Å². The Bertz CT molecular complexity index is 1140. The highest BCUT2D eigenvalue weighted by Crippen LogP contribution is 2.21. The Morgan fingerprint density at radius 1 is 1.38 bits per heavy atom. The lowest BCUT2D eigenvalue weighted by Gasteiger charge is -2.14. The minimum Gasteiger partial charge on any atom is -0.381 e. The fourth-order valence-corrected chi connectivity index (χ4v) is 4.65. The predicted molar refractivity (Wildman–Crippen MR) is 128 cm³/mol. The first-order chi connectivity index (χ1) is 15.2. The molecule has 0 saturated carbocycles. The molecule has 8 nitrogen and oxygen atoms in total. The Morgan fingerprint density at radius 3 is 2.81 bits per heavy atom. The maximum absolute atomic E-state index is 12.9. The number of sulfonamides is 1. The van der Waals surface area contributed by atoms with Crippen molar-refractivity contribution in [2.45, 2.75) is 32.1 Å². The first kappa shape index (κ1) is 23.8. The van der Waals surface area contributed by atoms with E-state index in [2.05, 4.69) is 26.7 Å². The van der Waals surface area contributed by atoms with Crippen LogP contribution < -0.4 is 10.0 Å². The fraction of sp³-hybridized carbons (Fsp3) is 0.348. The van der Waals surface area contributed by atoms with Gasteiger partial charge in [-0.1, -0.05) is 6.07 Å². The zero-order valence-corrected chi connectivity index (χ0v) is 19.4. The third-order valence-corrected chi connectivity index (χ3v) is 6.80. The molecule has 3 rings (SSSR count). The van der Waals surface area contributed by atoms with E-state index < -0.39 is 10.0 Å². The zero-order chi connectivity index (χ0) is 23.3. The van der Waals surface area contributed by atoms with Crippen LogP contribution in [0.3, 0.4) is 0 Å². The lowest BCUT2D eigenvalue weighted by molar-refractivity contribution is 0.186. The normalized spacial score (nSPS) is 20.5. The van der Waals surface area contributed by atoms with Crippen molar-refractivity contribution in [1.82, 2.24) is 10.0 Å². The van der Waals surface area contributed by atoms with Gasteiger partial charge in [-0.2, -0.15) is 0 Å². The van der Waals surface area contributed by atoms with E-state index in [0.717, 1.165) is 23.3 Å². The van der Waals surface area contributed by atoms with Crippen molar-refractivity contribution in [3.05, 3.63) is 64.6 Å². The lowest BCUT2D eigenvalue weighted by atomic mass is 10.0. The maximum atomic E-state index is 12.9. The van der Waals surface area contributed by atoms with Crippen molar-refractivity contribution in [2.75, 3.05) is 19.8 Å². The van der Waals surface area contributed by atoms with Crippen molar-refractivity contribution in [1.29, 1.82) is 5.41 Å². The SMILES string of the molecule is C=NC(=N)C(N=C(C)c1cc(S(=O)(=O)NCC2CCOC2)ccc1C)=C1C=CNC(C)=C1. The highest BCUT2D eigenvalue weighted by molar-refractivity contribution is 7.89. The Labute approximate surface area is 189 Å². The molecule has 9 heteroatoms. The van der Waals surface area contributed by atoms with E-state index in [0.29, 0.717) is 36.7 Å². The molecule has 1 aromatic carbocycles. The van der Waals surface area contributed by atoms with E-state index in [1.807, 2.05) is 26.0 Å². The second-order valence-electron chi connectivity index (χ2n) is 7.87. The van der Waals surface area contributed by atoms with Gasteiger partial charge in [-0.05, 0) is 75.2 Å². The number of allylic oxidation sites excluding steroid dienone is 4. The van der Waals surface area contributed by atoms with Gasteiger partial charge in [0.15, 0.2) is 5.84 Å². The molecule has 0 spiro atoms. The second kappa shape index (κ2) is 10.2. The van der Waals surface area contributed by atoms with Crippen LogP contribution in [0, 0.1) is 18.3 Å². The largest absolute Gasteiger partial charge is 0.381 e. The smallest absolute Gasteiger partial charge is 0.240 e. The number of ether oxygens (including phenoxy) is 1. The molecule has 2 aliphatic heterocycles. The van der Waals surface area contributed by atoms with Gasteiger partial charge >= 0.3 is 0 Å². The van der Waals surface area contributed by atoms with E-state index in [1.54, 1.807) is 31.3 Å². The number of aliphatic imine (C=N–C) groups is 2. The molecule has 0 aromatic heterocycles.